The number of carbonyl (C=O) groups is 1. The van der Waals surface area contributed by atoms with E-state index in [0.29, 0.717) is 10.6 Å². The quantitative estimate of drug-likeness (QED) is 0.617. The summed E-state index contributed by atoms with van der Waals surface area (Å²) in [6.07, 6.45) is 0.130. The second-order valence-corrected chi connectivity index (χ2v) is 5.28. The van der Waals surface area contributed by atoms with Crippen LogP contribution in [0.25, 0.3) is 0 Å². The molecule has 19 heavy (non-hydrogen) atoms. The van der Waals surface area contributed by atoms with Gasteiger partial charge in [-0.05, 0) is 19.9 Å². The lowest BCUT2D eigenvalue weighted by Gasteiger charge is -2.25. The summed E-state index contributed by atoms with van der Waals surface area (Å²) in [4.78, 5) is 21.4. The summed E-state index contributed by atoms with van der Waals surface area (Å²) >= 11 is 5.97. The van der Waals surface area contributed by atoms with Crippen molar-refractivity contribution in [1.29, 1.82) is 0 Å². The molecule has 0 bridgehead atoms. The summed E-state index contributed by atoms with van der Waals surface area (Å²) in [5.74, 6) is -0.439. The predicted octanol–water partition coefficient (Wildman–Crippen LogP) is 1.99. The molecule has 3 N–H and O–H groups in total. The Morgan fingerprint density at radius 1 is 1.53 bits per heavy atom. The van der Waals surface area contributed by atoms with Crippen molar-refractivity contribution < 1.29 is 9.72 Å². The third kappa shape index (κ3) is 4.50. The molecule has 0 aromatic heterocycles. The Kier molecular flexibility index (Phi) is 4.85. The van der Waals surface area contributed by atoms with Crippen LogP contribution >= 0.6 is 11.6 Å². The Hall–Kier alpha value is -1.66. The van der Waals surface area contributed by atoms with Crippen LogP contribution in [-0.2, 0) is 11.3 Å². The number of carbonyl (C=O) groups excluding carboxylic acids is 1. The zero-order valence-electron chi connectivity index (χ0n) is 10.8. The van der Waals surface area contributed by atoms with Gasteiger partial charge in [0.1, 0.15) is 0 Å². The van der Waals surface area contributed by atoms with Crippen LogP contribution in [0, 0.1) is 10.1 Å². The number of rotatable bonds is 6. The highest BCUT2D eigenvalue weighted by Crippen LogP contribution is 2.26. The maximum atomic E-state index is 10.9. The van der Waals surface area contributed by atoms with Crippen LogP contribution in [0.2, 0.25) is 5.02 Å². The number of nitrogens with zero attached hydrogens (tertiary/aromatic N) is 1. The van der Waals surface area contributed by atoms with E-state index in [-0.39, 0.29) is 18.7 Å². The number of nitro groups is 1. The Labute approximate surface area is 116 Å². The van der Waals surface area contributed by atoms with Gasteiger partial charge in [0.2, 0.25) is 5.91 Å². The van der Waals surface area contributed by atoms with Crippen LogP contribution in [0.5, 0.6) is 0 Å². The number of nitro benzene ring substituents is 1. The van der Waals surface area contributed by atoms with Crippen LogP contribution in [-0.4, -0.2) is 16.4 Å². The van der Waals surface area contributed by atoms with Crippen LogP contribution in [0.4, 0.5) is 5.69 Å². The molecule has 1 aromatic carbocycles. The summed E-state index contributed by atoms with van der Waals surface area (Å²) in [6.45, 7) is 3.77. The van der Waals surface area contributed by atoms with Gasteiger partial charge < -0.3 is 11.1 Å². The molecule has 0 atom stereocenters. The average molecular weight is 286 g/mol. The SMILES string of the molecule is CC(C)(CC(N)=O)NCc1c(Cl)cccc1[N+](=O)[O-]. The van der Waals surface area contributed by atoms with Crippen LogP contribution in [0.3, 0.4) is 0 Å². The Balaban J connectivity index is 2.88. The maximum absolute atomic E-state index is 10.9. The monoisotopic (exact) mass is 285 g/mol. The number of nitrogens with one attached hydrogen (secondary N) is 1. The van der Waals surface area contributed by atoms with Crippen LogP contribution in [0.1, 0.15) is 25.8 Å². The Morgan fingerprint density at radius 2 is 2.16 bits per heavy atom. The summed E-state index contributed by atoms with van der Waals surface area (Å²) < 4.78 is 0. The molecule has 0 fully saturated rings. The number of hydrogen-bond acceptors (Lipinski definition) is 4. The van der Waals surface area contributed by atoms with Crippen molar-refractivity contribution in [3.05, 3.63) is 38.9 Å². The van der Waals surface area contributed by atoms with Gasteiger partial charge in [-0.15, -0.1) is 0 Å². The fourth-order valence-electron chi connectivity index (χ4n) is 1.72. The van der Waals surface area contributed by atoms with Crippen molar-refractivity contribution in [3.8, 4) is 0 Å². The molecular formula is C12H16ClN3O3. The average Bonchev–Trinajstić information content (AvgIpc) is 2.25. The molecule has 0 spiro atoms. The van der Waals surface area contributed by atoms with E-state index in [1.807, 2.05) is 0 Å². The maximum Gasteiger partial charge on any atom is 0.275 e. The largest absolute Gasteiger partial charge is 0.370 e. The third-order valence-electron chi connectivity index (χ3n) is 2.65. The molecule has 0 aliphatic rings. The van der Waals surface area contributed by atoms with Gasteiger partial charge in [-0.3, -0.25) is 14.9 Å². The summed E-state index contributed by atoms with van der Waals surface area (Å²) in [5, 5.41) is 14.3. The second-order valence-electron chi connectivity index (χ2n) is 4.88. The molecule has 0 aliphatic carbocycles. The molecule has 1 aromatic rings. The van der Waals surface area contributed by atoms with Gasteiger partial charge in [-0.1, -0.05) is 17.7 Å². The van der Waals surface area contributed by atoms with Crippen molar-refractivity contribution in [1.82, 2.24) is 5.32 Å². The van der Waals surface area contributed by atoms with Crippen molar-refractivity contribution in [2.45, 2.75) is 32.4 Å². The van der Waals surface area contributed by atoms with E-state index < -0.39 is 16.4 Å². The van der Waals surface area contributed by atoms with E-state index in [4.69, 9.17) is 17.3 Å². The Bertz CT molecular complexity index is 503. The standard InChI is InChI=1S/C12H16ClN3O3/c1-12(2,6-11(14)17)15-7-8-9(13)4-3-5-10(8)16(18)19/h3-5,15H,6-7H2,1-2H3,(H2,14,17). The van der Waals surface area contributed by atoms with E-state index in [1.54, 1.807) is 19.9 Å². The molecule has 0 radical (unpaired) electrons. The molecule has 1 amide bonds. The molecule has 7 heteroatoms. The van der Waals surface area contributed by atoms with Gasteiger partial charge in [-0.25, -0.2) is 0 Å². The van der Waals surface area contributed by atoms with Crippen LogP contribution in [0.15, 0.2) is 18.2 Å². The minimum absolute atomic E-state index is 0.0464. The molecule has 0 saturated heterocycles. The normalized spacial score (nSPS) is 11.3. The highest BCUT2D eigenvalue weighted by atomic mass is 35.5. The lowest BCUT2D eigenvalue weighted by Crippen LogP contribution is -2.42. The molecule has 6 nitrogen and oxygen atoms in total. The summed E-state index contributed by atoms with van der Waals surface area (Å²) in [6, 6.07) is 4.51. The van der Waals surface area contributed by atoms with Gasteiger partial charge in [0.25, 0.3) is 5.69 Å². The zero-order chi connectivity index (χ0) is 14.6. The van der Waals surface area contributed by atoms with Gasteiger partial charge in [0.05, 0.1) is 15.5 Å². The van der Waals surface area contributed by atoms with E-state index in [9.17, 15) is 14.9 Å². The predicted molar refractivity (Wildman–Crippen MR) is 72.8 cm³/mol. The number of nitrogens with two attached hydrogens (primary N) is 1. The number of primary amides is 1. The smallest absolute Gasteiger partial charge is 0.275 e. The minimum Gasteiger partial charge on any atom is -0.370 e. The van der Waals surface area contributed by atoms with E-state index >= 15 is 0 Å². The van der Waals surface area contributed by atoms with E-state index in [1.165, 1.54) is 12.1 Å². The number of halogens is 1. The molecule has 0 heterocycles. The first kappa shape index (κ1) is 15.4. The lowest BCUT2D eigenvalue weighted by atomic mass is 9.99. The van der Waals surface area contributed by atoms with Crippen molar-refractivity contribution in [3.63, 3.8) is 0 Å². The molecule has 0 aliphatic heterocycles. The summed E-state index contributed by atoms with van der Waals surface area (Å²) in [7, 11) is 0. The van der Waals surface area contributed by atoms with Crippen molar-refractivity contribution in [2.75, 3.05) is 0 Å². The van der Waals surface area contributed by atoms with E-state index in [0.717, 1.165) is 0 Å². The zero-order valence-corrected chi connectivity index (χ0v) is 11.5. The lowest BCUT2D eigenvalue weighted by molar-refractivity contribution is -0.385. The topological polar surface area (TPSA) is 98.3 Å². The van der Waals surface area contributed by atoms with Gasteiger partial charge >= 0.3 is 0 Å². The highest BCUT2D eigenvalue weighted by molar-refractivity contribution is 6.31. The first-order chi connectivity index (χ1) is 8.73. The van der Waals surface area contributed by atoms with Crippen molar-refractivity contribution >= 4 is 23.2 Å². The van der Waals surface area contributed by atoms with Gasteiger partial charge in [0, 0.05) is 24.6 Å². The van der Waals surface area contributed by atoms with Crippen LogP contribution < -0.4 is 11.1 Å². The fourth-order valence-corrected chi connectivity index (χ4v) is 1.96. The molecule has 1 rings (SSSR count). The number of amides is 1. The summed E-state index contributed by atoms with van der Waals surface area (Å²) in [5.41, 5.74) is 4.93. The Morgan fingerprint density at radius 3 is 2.68 bits per heavy atom. The van der Waals surface area contributed by atoms with Crippen molar-refractivity contribution in [2.24, 2.45) is 5.73 Å². The first-order valence-electron chi connectivity index (χ1n) is 5.68. The molecule has 0 saturated carbocycles. The highest BCUT2D eigenvalue weighted by Gasteiger charge is 2.23. The molecule has 0 unspecified atom stereocenters. The third-order valence-corrected chi connectivity index (χ3v) is 3.00. The number of hydrogen-bond donors (Lipinski definition) is 2. The minimum atomic E-state index is -0.557. The molecular weight excluding hydrogens is 270 g/mol. The van der Waals surface area contributed by atoms with Gasteiger partial charge in [-0.2, -0.15) is 0 Å². The first-order valence-corrected chi connectivity index (χ1v) is 6.06. The number of benzene rings is 1. The van der Waals surface area contributed by atoms with E-state index in [2.05, 4.69) is 5.32 Å². The fraction of sp³-hybridized carbons (Fsp3) is 0.417. The molecule has 104 valence electrons. The van der Waals surface area contributed by atoms with Gasteiger partial charge in [0.15, 0.2) is 0 Å². The second kappa shape index (κ2) is 5.99.